The molecule has 0 saturated heterocycles. The highest BCUT2D eigenvalue weighted by Crippen LogP contribution is 2.21. The van der Waals surface area contributed by atoms with Crippen LogP contribution in [0.4, 0.5) is 0 Å². The summed E-state index contributed by atoms with van der Waals surface area (Å²) < 4.78 is 28.2. The van der Waals surface area contributed by atoms with Crippen molar-refractivity contribution in [3.63, 3.8) is 0 Å². The van der Waals surface area contributed by atoms with E-state index >= 15 is 0 Å². The van der Waals surface area contributed by atoms with Crippen molar-refractivity contribution in [2.24, 2.45) is 0 Å². The standard InChI is InChI=1S/C11H14O4S/c1-3-6-15-10-5-4-9(8-12)11(7-10)16(2,13)14/h4-5,7-8H,3,6H2,1-2H3. The molecular weight excluding hydrogens is 228 g/mol. The number of hydrogen-bond acceptors (Lipinski definition) is 4. The van der Waals surface area contributed by atoms with Gasteiger partial charge in [-0.05, 0) is 24.6 Å². The van der Waals surface area contributed by atoms with Gasteiger partial charge in [0.25, 0.3) is 0 Å². The van der Waals surface area contributed by atoms with E-state index in [0.29, 0.717) is 18.6 Å². The molecule has 0 aromatic heterocycles. The molecule has 0 N–H and O–H groups in total. The Labute approximate surface area is 95.2 Å². The van der Waals surface area contributed by atoms with E-state index in [1.807, 2.05) is 6.92 Å². The van der Waals surface area contributed by atoms with Crippen molar-refractivity contribution in [1.29, 1.82) is 0 Å². The van der Waals surface area contributed by atoms with Crippen molar-refractivity contribution >= 4 is 16.1 Å². The first-order valence-electron chi connectivity index (χ1n) is 4.91. The van der Waals surface area contributed by atoms with Crippen LogP contribution < -0.4 is 4.74 Å². The topological polar surface area (TPSA) is 60.4 Å². The minimum atomic E-state index is -3.40. The van der Waals surface area contributed by atoms with Crippen molar-refractivity contribution < 1.29 is 17.9 Å². The molecule has 0 unspecified atom stereocenters. The number of sulfone groups is 1. The lowest BCUT2D eigenvalue weighted by Crippen LogP contribution is -2.03. The van der Waals surface area contributed by atoms with Crippen LogP contribution in [0.15, 0.2) is 23.1 Å². The van der Waals surface area contributed by atoms with Gasteiger partial charge in [-0.3, -0.25) is 4.79 Å². The van der Waals surface area contributed by atoms with Crippen LogP contribution in [0.3, 0.4) is 0 Å². The summed E-state index contributed by atoms with van der Waals surface area (Å²) >= 11 is 0. The zero-order valence-corrected chi connectivity index (χ0v) is 10.1. The van der Waals surface area contributed by atoms with Crippen molar-refractivity contribution in [2.45, 2.75) is 18.2 Å². The van der Waals surface area contributed by atoms with E-state index in [1.165, 1.54) is 12.1 Å². The highest BCUT2D eigenvalue weighted by Gasteiger charge is 2.14. The number of benzene rings is 1. The third-order valence-corrected chi connectivity index (χ3v) is 3.14. The second kappa shape index (κ2) is 5.12. The van der Waals surface area contributed by atoms with Gasteiger partial charge in [-0.25, -0.2) is 8.42 Å². The van der Waals surface area contributed by atoms with Gasteiger partial charge < -0.3 is 4.74 Å². The summed E-state index contributed by atoms with van der Waals surface area (Å²) in [5, 5.41) is 0. The van der Waals surface area contributed by atoms with Gasteiger partial charge in [-0.1, -0.05) is 6.92 Å². The Morgan fingerprint density at radius 3 is 2.56 bits per heavy atom. The smallest absolute Gasteiger partial charge is 0.176 e. The minimum Gasteiger partial charge on any atom is -0.494 e. The molecule has 4 nitrogen and oxygen atoms in total. The average molecular weight is 242 g/mol. The molecule has 16 heavy (non-hydrogen) atoms. The lowest BCUT2D eigenvalue weighted by atomic mass is 10.2. The van der Waals surface area contributed by atoms with Crippen molar-refractivity contribution in [3.05, 3.63) is 23.8 Å². The zero-order valence-electron chi connectivity index (χ0n) is 9.26. The van der Waals surface area contributed by atoms with E-state index in [2.05, 4.69) is 0 Å². The van der Waals surface area contributed by atoms with Crippen LogP contribution in [0.5, 0.6) is 5.75 Å². The Kier molecular flexibility index (Phi) is 4.06. The predicted octanol–water partition coefficient (Wildman–Crippen LogP) is 1.69. The summed E-state index contributed by atoms with van der Waals surface area (Å²) in [5.41, 5.74) is 0.159. The molecule has 0 aliphatic heterocycles. The monoisotopic (exact) mass is 242 g/mol. The summed E-state index contributed by atoms with van der Waals surface area (Å²) in [7, 11) is -3.40. The van der Waals surface area contributed by atoms with Gasteiger partial charge >= 0.3 is 0 Å². The first-order valence-corrected chi connectivity index (χ1v) is 6.80. The van der Waals surface area contributed by atoms with Gasteiger partial charge in [0, 0.05) is 11.8 Å². The highest BCUT2D eigenvalue weighted by molar-refractivity contribution is 7.90. The third kappa shape index (κ3) is 3.06. The number of hydrogen-bond donors (Lipinski definition) is 0. The molecule has 0 fully saturated rings. The largest absolute Gasteiger partial charge is 0.494 e. The molecular formula is C11H14O4S. The van der Waals surface area contributed by atoms with Crippen molar-refractivity contribution in [3.8, 4) is 5.75 Å². The number of rotatable bonds is 5. The van der Waals surface area contributed by atoms with Crippen LogP contribution in [-0.2, 0) is 9.84 Å². The fourth-order valence-electron chi connectivity index (χ4n) is 1.24. The molecule has 88 valence electrons. The normalized spacial score (nSPS) is 11.1. The molecule has 1 aromatic rings. The van der Waals surface area contributed by atoms with Crippen LogP contribution in [0.1, 0.15) is 23.7 Å². The summed E-state index contributed by atoms with van der Waals surface area (Å²) in [5.74, 6) is 0.466. The van der Waals surface area contributed by atoms with Crippen molar-refractivity contribution in [1.82, 2.24) is 0 Å². The number of ether oxygens (including phenoxy) is 1. The molecule has 1 aromatic carbocycles. The maximum absolute atomic E-state index is 11.4. The molecule has 0 saturated carbocycles. The van der Waals surface area contributed by atoms with Gasteiger partial charge in [0.05, 0.1) is 11.5 Å². The average Bonchev–Trinajstić information content (AvgIpc) is 2.24. The fourth-order valence-corrected chi connectivity index (χ4v) is 2.12. The molecule has 0 aliphatic carbocycles. The molecule has 5 heteroatoms. The molecule has 0 aliphatic rings. The lowest BCUT2D eigenvalue weighted by Gasteiger charge is -2.07. The molecule has 0 radical (unpaired) electrons. The molecule has 0 atom stereocenters. The molecule has 0 spiro atoms. The summed E-state index contributed by atoms with van der Waals surface area (Å²) in [6.07, 6.45) is 2.43. The van der Waals surface area contributed by atoms with E-state index < -0.39 is 9.84 Å². The van der Waals surface area contributed by atoms with Gasteiger partial charge in [-0.2, -0.15) is 0 Å². The fraction of sp³-hybridized carbons (Fsp3) is 0.364. The van der Waals surface area contributed by atoms with Crippen LogP contribution in [0, 0.1) is 0 Å². The van der Waals surface area contributed by atoms with E-state index in [4.69, 9.17) is 4.74 Å². The van der Waals surface area contributed by atoms with E-state index in [-0.39, 0.29) is 10.5 Å². The first-order chi connectivity index (χ1) is 7.49. The van der Waals surface area contributed by atoms with Crippen LogP contribution in [0.25, 0.3) is 0 Å². The molecule has 0 bridgehead atoms. The Bertz CT molecular complexity index is 477. The van der Waals surface area contributed by atoms with E-state index in [0.717, 1.165) is 12.7 Å². The SMILES string of the molecule is CCCOc1ccc(C=O)c(S(C)(=O)=O)c1. The van der Waals surface area contributed by atoms with Crippen LogP contribution in [-0.4, -0.2) is 27.6 Å². The maximum atomic E-state index is 11.4. The predicted molar refractivity (Wildman–Crippen MR) is 60.7 cm³/mol. The second-order valence-electron chi connectivity index (χ2n) is 3.44. The number of carbonyl (C=O) groups is 1. The van der Waals surface area contributed by atoms with Crippen LogP contribution in [0.2, 0.25) is 0 Å². The Balaban J connectivity index is 3.17. The lowest BCUT2D eigenvalue weighted by molar-refractivity contribution is 0.112. The third-order valence-electron chi connectivity index (χ3n) is 1.98. The Morgan fingerprint density at radius 2 is 2.06 bits per heavy atom. The van der Waals surface area contributed by atoms with Gasteiger partial charge in [0.2, 0.25) is 0 Å². The summed E-state index contributed by atoms with van der Waals surface area (Å²) in [6.45, 7) is 2.47. The van der Waals surface area contributed by atoms with Crippen molar-refractivity contribution in [2.75, 3.05) is 12.9 Å². The summed E-state index contributed by atoms with van der Waals surface area (Å²) in [6, 6.07) is 4.43. The quantitative estimate of drug-likeness (QED) is 0.737. The second-order valence-corrected chi connectivity index (χ2v) is 5.42. The summed E-state index contributed by atoms with van der Waals surface area (Å²) in [4.78, 5) is 10.7. The van der Waals surface area contributed by atoms with Crippen LogP contribution >= 0.6 is 0 Å². The first kappa shape index (κ1) is 12.7. The van der Waals surface area contributed by atoms with Gasteiger partial charge in [-0.15, -0.1) is 0 Å². The van der Waals surface area contributed by atoms with E-state index in [9.17, 15) is 13.2 Å². The minimum absolute atomic E-state index is 0.0103. The maximum Gasteiger partial charge on any atom is 0.176 e. The van der Waals surface area contributed by atoms with Gasteiger partial charge in [0.15, 0.2) is 16.1 Å². The molecule has 1 rings (SSSR count). The molecule has 0 amide bonds. The zero-order chi connectivity index (χ0) is 12.2. The van der Waals surface area contributed by atoms with E-state index in [1.54, 1.807) is 6.07 Å². The number of carbonyl (C=O) groups excluding carboxylic acids is 1. The highest BCUT2D eigenvalue weighted by atomic mass is 32.2. The number of aldehydes is 1. The van der Waals surface area contributed by atoms with Gasteiger partial charge in [0.1, 0.15) is 5.75 Å². The Hall–Kier alpha value is -1.36. The Morgan fingerprint density at radius 1 is 1.38 bits per heavy atom. The molecule has 0 heterocycles.